The lowest BCUT2D eigenvalue weighted by atomic mass is 9.96. The number of para-hydroxylation sites is 4. The van der Waals surface area contributed by atoms with Crippen molar-refractivity contribution in [3.05, 3.63) is 54.4 Å². The summed E-state index contributed by atoms with van der Waals surface area (Å²) in [6, 6.07) is 16.0. The first kappa shape index (κ1) is 23.6. The van der Waals surface area contributed by atoms with Gasteiger partial charge in [-0.2, -0.15) is 0 Å². The topological polar surface area (TPSA) is 65.4 Å². The van der Waals surface area contributed by atoms with Crippen LogP contribution >= 0.6 is 0 Å². The SMILES string of the molecule is COc1ccccc1OCCCCn1c(CCCNC(=O)C(C)(C)C)nc2ccccc21. The van der Waals surface area contributed by atoms with Gasteiger partial charge in [-0.1, -0.05) is 45.0 Å². The number of carbonyl (C=O) groups excluding carboxylic acids is 1. The highest BCUT2D eigenvalue weighted by Crippen LogP contribution is 2.26. The molecule has 0 aliphatic rings. The fourth-order valence-electron chi connectivity index (χ4n) is 3.57. The first-order valence-corrected chi connectivity index (χ1v) is 11.4. The molecule has 0 atom stereocenters. The standard InChI is InChI=1S/C26H35N3O3/c1-26(2,3)25(30)27-17-11-16-24-28-20-12-5-6-13-21(20)29(24)18-9-10-19-32-23-15-8-7-14-22(23)31-4/h5-8,12-15H,9-11,16-19H2,1-4H3,(H,27,30). The van der Waals surface area contributed by atoms with Crippen LogP contribution in [-0.4, -0.2) is 35.7 Å². The second kappa shape index (κ2) is 11.0. The minimum absolute atomic E-state index is 0.0843. The average Bonchev–Trinajstić information content (AvgIpc) is 3.13. The Morgan fingerprint density at radius 3 is 2.47 bits per heavy atom. The zero-order valence-electron chi connectivity index (χ0n) is 19.7. The van der Waals surface area contributed by atoms with Gasteiger partial charge in [0, 0.05) is 24.9 Å². The fraction of sp³-hybridized carbons (Fsp3) is 0.462. The van der Waals surface area contributed by atoms with Crippen LogP contribution < -0.4 is 14.8 Å². The molecule has 0 unspecified atom stereocenters. The van der Waals surface area contributed by atoms with Gasteiger partial charge in [-0.25, -0.2) is 4.98 Å². The monoisotopic (exact) mass is 437 g/mol. The maximum Gasteiger partial charge on any atom is 0.225 e. The lowest BCUT2D eigenvalue weighted by Crippen LogP contribution is -2.35. The number of ether oxygens (including phenoxy) is 2. The van der Waals surface area contributed by atoms with Gasteiger partial charge < -0.3 is 19.4 Å². The Labute approximate surface area is 190 Å². The fourth-order valence-corrected chi connectivity index (χ4v) is 3.57. The largest absolute Gasteiger partial charge is 0.493 e. The molecule has 0 saturated carbocycles. The van der Waals surface area contributed by atoms with Gasteiger partial charge in [0.1, 0.15) is 5.82 Å². The van der Waals surface area contributed by atoms with Crippen molar-refractivity contribution in [3.63, 3.8) is 0 Å². The Morgan fingerprint density at radius 2 is 1.72 bits per heavy atom. The number of rotatable bonds is 11. The number of benzene rings is 2. The van der Waals surface area contributed by atoms with Crippen LogP contribution in [-0.2, 0) is 17.8 Å². The van der Waals surface area contributed by atoms with E-state index in [1.54, 1.807) is 7.11 Å². The van der Waals surface area contributed by atoms with Crippen LogP contribution in [0.1, 0.15) is 45.9 Å². The molecule has 1 aromatic heterocycles. The molecule has 0 aliphatic heterocycles. The number of hydrogen-bond acceptors (Lipinski definition) is 4. The van der Waals surface area contributed by atoms with Crippen LogP contribution in [0, 0.1) is 5.41 Å². The molecular weight excluding hydrogens is 402 g/mol. The van der Waals surface area contributed by atoms with Crippen molar-refractivity contribution >= 4 is 16.9 Å². The molecule has 1 heterocycles. The molecule has 0 saturated heterocycles. The van der Waals surface area contributed by atoms with Gasteiger partial charge in [-0.15, -0.1) is 0 Å². The number of imidazole rings is 1. The van der Waals surface area contributed by atoms with E-state index in [0.29, 0.717) is 13.2 Å². The van der Waals surface area contributed by atoms with E-state index < -0.39 is 0 Å². The number of aromatic nitrogens is 2. The van der Waals surface area contributed by atoms with Gasteiger partial charge in [0.15, 0.2) is 11.5 Å². The Hall–Kier alpha value is -3.02. The number of nitrogens with one attached hydrogen (secondary N) is 1. The van der Waals surface area contributed by atoms with Crippen molar-refractivity contribution in [1.82, 2.24) is 14.9 Å². The van der Waals surface area contributed by atoms with Crippen LogP contribution in [0.25, 0.3) is 11.0 Å². The van der Waals surface area contributed by atoms with E-state index in [9.17, 15) is 4.79 Å². The Bertz CT molecular complexity index is 1020. The highest BCUT2D eigenvalue weighted by atomic mass is 16.5. The molecule has 32 heavy (non-hydrogen) atoms. The number of unbranched alkanes of at least 4 members (excludes halogenated alkanes) is 1. The summed E-state index contributed by atoms with van der Waals surface area (Å²) >= 11 is 0. The van der Waals surface area contributed by atoms with Crippen LogP contribution in [0.3, 0.4) is 0 Å². The highest BCUT2D eigenvalue weighted by molar-refractivity contribution is 5.81. The van der Waals surface area contributed by atoms with Crippen molar-refractivity contribution in [3.8, 4) is 11.5 Å². The minimum Gasteiger partial charge on any atom is -0.493 e. The van der Waals surface area contributed by atoms with Crippen molar-refractivity contribution < 1.29 is 14.3 Å². The zero-order chi connectivity index (χ0) is 23.0. The normalized spacial score (nSPS) is 11.5. The van der Waals surface area contributed by atoms with E-state index in [1.807, 2.05) is 51.1 Å². The molecule has 3 aromatic rings. The molecule has 0 radical (unpaired) electrons. The van der Waals surface area contributed by atoms with Gasteiger partial charge in [-0.05, 0) is 43.5 Å². The van der Waals surface area contributed by atoms with Gasteiger partial charge >= 0.3 is 0 Å². The molecule has 1 amide bonds. The predicted octanol–water partition coefficient (Wildman–Crippen LogP) is 5.00. The lowest BCUT2D eigenvalue weighted by Gasteiger charge is -2.17. The van der Waals surface area contributed by atoms with E-state index >= 15 is 0 Å². The summed E-state index contributed by atoms with van der Waals surface area (Å²) in [5.41, 5.74) is 1.82. The third-order valence-corrected chi connectivity index (χ3v) is 5.38. The Balaban J connectivity index is 1.54. The van der Waals surface area contributed by atoms with E-state index in [4.69, 9.17) is 14.5 Å². The van der Waals surface area contributed by atoms with E-state index in [0.717, 1.165) is 60.6 Å². The quantitative estimate of drug-likeness (QED) is 0.429. The molecular formula is C26H35N3O3. The Morgan fingerprint density at radius 1 is 1.00 bits per heavy atom. The third kappa shape index (κ3) is 6.25. The molecule has 3 rings (SSSR count). The molecule has 0 fully saturated rings. The second-order valence-electron chi connectivity index (χ2n) is 8.98. The molecule has 0 spiro atoms. The number of hydrogen-bond donors (Lipinski definition) is 1. The molecule has 172 valence electrons. The van der Waals surface area contributed by atoms with E-state index in [2.05, 4.69) is 28.1 Å². The smallest absolute Gasteiger partial charge is 0.225 e. The predicted molar refractivity (Wildman–Crippen MR) is 128 cm³/mol. The molecule has 1 N–H and O–H groups in total. The summed E-state index contributed by atoms with van der Waals surface area (Å²) in [6.45, 7) is 7.98. The second-order valence-corrected chi connectivity index (χ2v) is 8.98. The Kier molecular flexibility index (Phi) is 8.14. The summed E-state index contributed by atoms with van der Waals surface area (Å²) in [5, 5.41) is 3.03. The van der Waals surface area contributed by atoms with Gasteiger partial charge in [0.05, 0.1) is 24.8 Å². The molecule has 6 nitrogen and oxygen atoms in total. The van der Waals surface area contributed by atoms with Gasteiger partial charge in [0.25, 0.3) is 0 Å². The molecule has 0 bridgehead atoms. The van der Waals surface area contributed by atoms with Crippen LogP contribution in [0.4, 0.5) is 0 Å². The number of fused-ring (bicyclic) bond motifs is 1. The number of carbonyl (C=O) groups is 1. The summed E-state index contributed by atoms with van der Waals surface area (Å²) in [7, 11) is 1.66. The molecule has 2 aromatic carbocycles. The van der Waals surface area contributed by atoms with E-state index in [1.165, 1.54) is 0 Å². The van der Waals surface area contributed by atoms with Crippen molar-refractivity contribution in [2.75, 3.05) is 20.3 Å². The number of amides is 1. The van der Waals surface area contributed by atoms with Crippen molar-refractivity contribution in [1.29, 1.82) is 0 Å². The first-order chi connectivity index (χ1) is 15.4. The highest BCUT2D eigenvalue weighted by Gasteiger charge is 2.20. The zero-order valence-corrected chi connectivity index (χ0v) is 19.7. The minimum atomic E-state index is -0.362. The van der Waals surface area contributed by atoms with Crippen molar-refractivity contribution in [2.24, 2.45) is 5.41 Å². The number of methoxy groups -OCH3 is 1. The van der Waals surface area contributed by atoms with Crippen LogP contribution in [0.2, 0.25) is 0 Å². The maximum atomic E-state index is 12.1. The molecule has 6 heteroatoms. The summed E-state index contributed by atoms with van der Waals surface area (Å²) in [6.07, 6.45) is 3.62. The average molecular weight is 438 g/mol. The van der Waals surface area contributed by atoms with Crippen molar-refractivity contribution in [2.45, 2.75) is 53.0 Å². The molecule has 0 aliphatic carbocycles. The van der Waals surface area contributed by atoms with E-state index in [-0.39, 0.29) is 11.3 Å². The first-order valence-electron chi connectivity index (χ1n) is 11.4. The number of aryl methyl sites for hydroxylation is 2. The van der Waals surface area contributed by atoms with Gasteiger partial charge in [-0.3, -0.25) is 4.79 Å². The van der Waals surface area contributed by atoms with Gasteiger partial charge in [0.2, 0.25) is 5.91 Å². The summed E-state index contributed by atoms with van der Waals surface area (Å²) < 4.78 is 13.6. The van der Waals surface area contributed by atoms with Crippen LogP contribution in [0.5, 0.6) is 11.5 Å². The maximum absolute atomic E-state index is 12.1. The summed E-state index contributed by atoms with van der Waals surface area (Å²) in [4.78, 5) is 16.9. The van der Waals surface area contributed by atoms with Crippen LogP contribution in [0.15, 0.2) is 48.5 Å². The number of nitrogens with zero attached hydrogens (tertiary/aromatic N) is 2. The summed E-state index contributed by atoms with van der Waals surface area (Å²) in [5.74, 6) is 2.69. The third-order valence-electron chi connectivity index (χ3n) is 5.38. The lowest BCUT2D eigenvalue weighted by molar-refractivity contribution is -0.128.